The van der Waals surface area contributed by atoms with Gasteiger partial charge in [-0.3, -0.25) is 4.79 Å². The third-order valence-corrected chi connectivity index (χ3v) is 5.09. The summed E-state index contributed by atoms with van der Waals surface area (Å²) in [5, 5.41) is 15.3. The van der Waals surface area contributed by atoms with Gasteiger partial charge in [-0.15, -0.1) is 5.10 Å². The summed E-state index contributed by atoms with van der Waals surface area (Å²) >= 11 is 1.33. The van der Waals surface area contributed by atoms with Crippen molar-refractivity contribution in [3.63, 3.8) is 0 Å². The number of hydrogen-bond acceptors (Lipinski definition) is 6. The molecule has 3 rings (SSSR count). The van der Waals surface area contributed by atoms with E-state index in [4.69, 9.17) is 4.74 Å². The van der Waals surface area contributed by atoms with Crippen molar-refractivity contribution in [2.75, 3.05) is 19.4 Å². The average molecular weight is 398 g/mol. The summed E-state index contributed by atoms with van der Waals surface area (Å²) < 4.78 is 6.85. The zero-order chi connectivity index (χ0) is 19.6. The summed E-state index contributed by atoms with van der Waals surface area (Å²) in [5.41, 5.74) is 2.34. The van der Waals surface area contributed by atoms with Gasteiger partial charge < -0.3 is 10.1 Å². The molecule has 8 heteroatoms. The van der Waals surface area contributed by atoms with E-state index >= 15 is 0 Å². The Bertz CT molecular complexity index is 868. The van der Waals surface area contributed by atoms with Crippen molar-refractivity contribution in [1.29, 1.82) is 0 Å². The maximum atomic E-state index is 12.1. The van der Waals surface area contributed by atoms with Crippen molar-refractivity contribution >= 4 is 17.7 Å². The lowest BCUT2D eigenvalue weighted by atomic mass is 10.1. The minimum atomic E-state index is -0.0166. The van der Waals surface area contributed by atoms with Crippen LogP contribution in [0.1, 0.15) is 17.5 Å². The number of hydrogen-bond donors (Lipinski definition) is 1. The molecule has 146 valence electrons. The van der Waals surface area contributed by atoms with Crippen LogP contribution in [-0.4, -0.2) is 45.5 Å². The third-order valence-electron chi connectivity index (χ3n) is 4.13. The molecular weight excluding hydrogens is 374 g/mol. The average Bonchev–Trinajstić information content (AvgIpc) is 3.18. The van der Waals surface area contributed by atoms with Crippen LogP contribution in [0.3, 0.4) is 0 Å². The van der Waals surface area contributed by atoms with Crippen LogP contribution in [0.2, 0.25) is 0 Å². The molecule has 1 heterocycles. The van der Waals surface area contributed by atoms with Crippen LogP contribution in [0.4, 0.5) is 0 Å². The first-order chi connectivity index (χ1) is 13.7. The topological polar surface area (TPSA) is 81.9 Å². The molecule has 0 aliphatic heterocycles. The summed E-state index contributed by atoms with van der Waals surface area (Å²) in [6.45, 7) is 1.20. The third kappa shape index (κ3) is 6.09. The van der Waals surface area contributed by atoms with Gasteiger partial charge in [0.25, 0.3) is 0 Å². The second-order valence-corrected chi connectivity index (χ2v) is 7.14. The molecule has 0 saturated heterocycles. The first kappa shape index (κ1) is 19.9. The van der Waals surface area contributed by atoms with Gasteiger partial charge in [0.15, 0.2) is 0 Å². The molecule has 1 amide bonds. The number of methoxy groups -OCH3 is 1. The number of benzene rings is 2. The van der Waals surface area contributed by atoms with Crippen LogP contribution in [0.25, 0.3) is 0 Å². The van der Waals surface area contributed by atoms with Gasteiger partial charge in [0, 0.05) is 6.54 Å². The standard InChI is InChI=1S/C20H23N5O2S/c1-27-18-11-9-17(10-12-18)14-25-20(22-23-24-25)28-15-19(26)21-13-5-8-16-6-3-2-4-7-16/h2-4,6-7,9-12H,5,8,13-15H2,1H3,(H,21,26). The van der Waals surface area contributed by atoms with Gasteiger partial charge in [0.1, 0.15) is 5.75 Å². The fraction of sp³-hybridized carbons (Fsp3) is 0.300. The number of ether oxygens (including phenoxy) is 1. The Labute approximate surface area is 168 Å². The molecule has 28 heavy (non-hydrogen) atoms. The fourth-order valence-corrected chi connectivity index (χ4v) is 3.36. The smallest absolute Gasteiger partial charge is 0.230 e. The molecular formula is C20H23N5O2S. The molecule has 0 bridgehead atoms. The van der Waals surface area contributed by atoms with E-state index in [2.05, 4.69) is 33.0 Å². The van der Waals surface area contributed by atoms with E-state index in [-0.39, 0.29) is 11.7 Å². The molecule has 0 atom stereocenters. The van der Waals surface area contributed by atoms with Crippen LogP contribution in [0, 0.1) is 0 Å². The highest BCUT2D eigenvalue weighted by Gasteiger charge is 2.10. The molecule has 0 saturated carbocycles. The summed E-state index contributed by atoms with van der Waals surface area (Å²) in [4.78, 5) is 12.1. The van der Waals surface area contributed by atoms with Crippen molar-refractivity contribution in [3.05, 3.63) is 65.7 Å². The molecule has 0 fully saturated rings. The first-order valence-corrected chi connectivity index (χ1v) is 10.1. The van der Waals surface area contributed by atoms with E-state index in [0.717, 1.165) is 24.2 Å². The Morgan fingerprint density at radius 2 is 1.89 bits per heavy atom. The molecule has 1 N–H and O–H groups in total. The molecule has 2 aromatic carbocycles. The normalized spacial score (nSPS) is 10.6. The summed E-state index contributed by atoms with van der Waals surface area (Å²) in [7, 11) is 1.64. The summed E-state index contributed by atoms with van der Waals surface area (Å²) in [5.74, 6) is 1.07. The highest BCUT2D eigenvalue weighted by Crippen LogP contribution is 2.16. The van der Waals surface area contributed by atoms with Gasteiger partial charge in [-0.25, -0.2) is 4.68 Å². The van der Waals surface area contributed by atoms with Crippen LogP contribution >= 0.6 is 11.8 Å². The minimum absolute atomic E-state index is 0.0166. The predicted octanol–water partition coefficient (Wildman–Crippen LogP) is 2.57. The lowest BCUT2D eigenvalue weighted by Crippen LogP contribution is -2.26. The second kappa shape index (κ2) is 10.5. The molecule has 0 spiro atoms. The number of aryl methyl sites for hydroxylation is 1. The predicted molar refractivity (Wildman–Crippen MR) is 108 cm³/mol. The van der Waals surface area contributed by atoms with Crippen LogP contribution in [0.15, 0.2) is 59.8 Å². The van der Waals surface area contributed by atoms with Crippen molar-refractivity contribution in [2.24, 2.45) is 0 Å². The Morgan fingerprint density at radius 3 is 2.64 bits per heavy atom. The van der Waals surface area contributed by atoms with Crippen molar-refractivity contribution in [2.45, 2.75) is 24.5 Å². The van der Waals surface area contributed by atoms with Crippen LogP contribution in [0.5, 0.6) is 5.75 Å². The Kier molecular flexibility index (Phi) is 7.43. The zero-order valence-corrected chi connectivity index (χ0v) is 16.6. The van der Waals surface area contributed by atoms with E-state index < -0.39 is 0 Å². The zero-order valence-electron chi connectivity index (χ0n) is 15.7. The Morgan fingerprint density at radius 1 is 1.11 bits per heavy atom. The highest BCUT2D eigenvalue weighted by atomic mass is 32.2. The van der Waals surface area contributed by atoms with Gasteiger partial charge in [0.2, 0.25) is 11.1 Å². The summed E-state index contributed by atoms with van der Waals surface area (Å²) in [6.07, 6.45) is 1.87. The highest BCUT2D eigenvalue weighted by molar-refractivity contribution is 7.99. The molecule has 0 unspecified atom stereocenters. The number of aromatic nitrogens is 4. The van der Waals surface area contributed by atoms with E-state index in [9.17, 15) is 4.79 Å². The number of tetrazole rings is 1. The molecule has 0 radical (unpaired) electrons. The SMILES string of the molecule is COc1ccc(Cn2nnnc2SCC(=O)NCCCc2ccccc2)cc1. The Balaban J connectivity index is 1.40. The molecule has 0 aliphatic rings. The Hall–Kier alpha value is -2.87. The molecule has 7 nitrogen and oxygen atoms in total. The van der Waals surface area contributed by atoms with Gasteiger partial charge in [-0.1, -0.05) is 54.2 Å². The number of amides is 1. The molecule has 3 aromatic rings. The van der Waals surface area contributed by atoms with Gasteiger partial charge in [-0.05, 0) is 46.5 Å². The van der Waals surface area contributed by atoms with Crippen molar-refractivity contribution in [3.8, 4) is 5.75 Å². The molecule has 0 aliphatic carbocycles. The quantitative estimate of drug-likeness (QED) is 0.418. The number of nitrogens with zero attached hydrogens (tertiary/aromatic N) is 4. The lowest BCUT2D eigenvalue weighted by Gasteiger charge is -2.07. The fourth-order valence-electron chi connectivity index (χ4n) is 2.65. The molecule has 1 aromatic heterocycles. The minimum Gasteiger partial charge on any atom is -0.497 e. The second-order valence-electron chi connectivity index (χ2n) is 6.19. The van der Waals surface area contributed by atoms with Crippen LogP contribution < -0.4 is 10.1 Å². The van der Waals surface area contributed by atoms with E-state index in [1.165, 1.54) is 17.3 Å². The monoisotopic (exact) mass is 397 g/mol. The van der Waals surface area contributed by atoms with Crippen molar-refractivity contribution in [1.82, 2.24) is 25.5 Å². The van der Waals surface area contributed by atoms with E-state index in [0.29, 0.717) is 18.2 Å². The number of carbonyl (C=O) groups is 1. The maximum absolute atomic E-state index is 12.1. The maximum Gasteiger partial charge on any atom is 0.230 e. The number of carbonyl (C=O) groups excluding carboxylic acids is 1. The van der Waals surface area contributed by atoms with E-state index in [1.54, 1.807) is 11.8 Å². The first-order valence-electron chi connectivity index (χ1n) is 9.07. The van der Waals surface area contributed by atoms with Gasteiger partial charge in [0.05, 0.1) is 19.4 Å². The van der Waals surface area contributed by atoms with Gasteiger partial charge in [-0.2, -0.15) is 0 Å². The van der Waals surface area contributed by atoms with Crippen LogP contribution in [-0.2, 0) is 17.8 Å². The number of thioether (sulfide) groups is 1. The summed E-state index contributed by atoms with van der Waals surface area (Å²) in [6, 6.07) is 18.0. The number of rotatable bonds is 10. The largest absolute Gasteiger partial charge is 0.497 e. The lowest BCUT2D eigenvalue weighted by molar-refractivity contribution is -0.118. The van der Waals surface area contributed by atoms with Crippen molar-refractivity contribution < 1.29 is 9.53 Å². The number of nitrogens with one attached hydrogen (secondary N) is 1. The van der Waals surface area contributed by atoms with Gasteiger partial charge >= 0.3 is 0 Å². The van der Waals surface area contributed by atoms with E-state index in [1.807, 2.05) is 42.5 Å².